The van der Waals surface area contributed by atoms with Crippen molar-refractivity contribution in [1.29, 1.82) is 0 Å². The quantitative estimate of drug-likeness (QED) is 0.433. The molecule has 31 heavy (non-hydrogen) atoms. The summed E-state index contributed by atoms with van der Waals surface area (Å²) < 4.78 is 46.8. The van der Waals surface area contributed by atoms with Crippen molar-refractivity contribution < 1.29 is 17.9 Å². The molecule has 166 valence electrons. The number of hydrogen-bond donors (Lipinski definition) is 2. The first-order valence-corrected chi connectivity index (χ1v) is 10.7. The highest BCUT2D eigenvalue weighted by molar-refractivity contribution is 7.13. The molecular weight excluding hydrogens is 425 g/mol. The maximum absolute atomic E-state index is 13.8. The Hall–Kier alpha value is -2.65. The van der Waals surface area contributed by atoms with Crippen LogP contribution in [0.4, 0.5) is 24.1 Å². The van der Waals surface area contributed by atoms with Crippen LogP contribution in [-0.2, 0) is 6.18 Å². The van der Waals surface area contributed by atoms with Crippen LogP contribution in [0.15, 0.2) is 48.1 Å². The summed E-state index contributed by atoms with van der Waals surface area (Å²) in [6, 6.07) is 7.37. The van der Waals surface area contributed by atoms with Crippen molar-refractivity contribution in [1.82, 2.24) is 9.97 Å². The molecule has 3 rings (SSSR count). The lowest BCUT2D eigenvalue weighted by molar-refractivity contribution is -0.139. The van der Waals surface area contributed by atoms with E-state index >= 15 is 0 Å². The number of pyridine rings is 1. The van der Waals surface area contributed by atoms with E-state index in [4.69, 9.17) is 10.5 Å². The molecule has 0 spiro atoms. The molecule has 0 saturated heterocycles. The van der Waals surface area contributed by atoms with E-state index in [1.807, 2.05) is 19.2 Å². The fourth-order valence-electron chi connectivity index (χ4n) is 3.36. The molecule has 1 aromatic carbocycles. The molecule has 0 saturated carbocycles. The topological polar surface area (TPSA) is 73.1 Å². The number of nitrogens with two attached hydrogens (primary N) is 1. The van der Waals surface area contributed by atoms with Crippen molar-refractivity contribution in [2.75, 3.05) is 11.9 Å². The Balaban J connectivity index is 1.86. The van der Waals surface area contributed by atoms with Crippen molar-refractivity contribution in [3.8, 4) is 16.9 Å². The minimum atomic E-state index is -4.57. The number of nitrogens with zero attached hydrogens (tertiary/aromatic N) is 2. The summed E-state index contributed by atoms with van der Waals surface area (Å²) in [5, 5.41) is 5.50. The molecule has 0 radical (unpaired) electrons. The molecule has 0 fully saturated rings. The monoisotopic (exact) mass is 450 g/mol. The van der Waals surface area contributed by atoms with E-state index < -0.39 is 17.3 Å². The molecule has 9 heteroatoms. The Morgan fingerprint density at radius 2 is 1.84 bits per heavy atom. The summed E-state index contributed by atoms with van der Waals surface area (Å²) in [5.74, 6) is 0.572. The maximum Gasteiger partial charge on any atom is 0.419 e. The Bertz CT molecular complexity index is 1000. The third-order valence-electron chi connectivity index (χ3n) is 4.48. The molecule has 2 heterocycles. The van der Waals surface area contributed by atoms with Crippen LogP contribution in [0.3, 0.4) is 0 Å². The fraction of sp³-hybridized carbons (Fsp3) is 0.364. The molecule has 2 aromatic heterocycles. The summed E-state index contributed by atoms with van der Waals surface area (Å²) in [6.07, 6.45) is -0.741. The second-order valence-corrected chi connectivity index (χ2v) is 9.04. The van der Waals surface area contributed by atoms with Gasteiger partial charge in [-0.3, -0.25) is 0 Å². The lowest BCUT2D eigenvalue weighted by Gasteiger charge is -2.27. The number of nitrogens with one attached hydrogen (secondary N) is 1. The number of ether oxygens (including phenoxy) is 1. The van der Waals surface area contributed by atoms with Gasteiger partial charge in [0.1, 0.15) is 18.2 Å². The minimum Gasteiger partial charge on any atom is -0.491 e. The summed E-state index contributed by atoms with van der Waals surface area (Å²) in [5.41, 5.74) is 5.63. The molecule has 3 N–H and O–H groups in total. The minimum absolute atomic E-state index is 0.00918. The lowest BCUT2D eigenvalue weighted by Crippen LogP contribution is -2.43. The van der Waals surface area contributed by atoms with Crippen LogP contribution in [0.5, 0.6) is 5.75 Å². The second kappa shape index (κ2) is 9.23. The molecule has 0 aliphatic rings. The largest absolute Gasteiger partial charge is 0.491 e. The van der Waals surface area contributed by atoms with Crippen LogP contribution < -0.4 is 15.8 Å². The van der Waals surface area contributed by atoms with Gasteiger partial charge in [0.25, 0.3) is 0 Å². The molecule has 0 aliphatic heterocycles. The Labute approximate surface area is 183 Å². The van der Waals surface area contributed by atoms with E-state index in [-0.39, 0.29) is 12.4 Å². The number of thiazole rings is 1. The number of rotatable bonds is 8. The predicted molar refractivity (Wildman–Crippen MR) is 118 cm³/mol. The van der Waals surface area contributed by atoms with Crippen LogP contribution in [-0.4, -0.2) is 22.1 Å². The molecule has 0 amide bonds. The van der Waals surface area contributed by atoms with Crippen LogP contribution in [0, 0.1) is 5.92 Å². The standard InChI is InChI=1S/C22H25F3N4OS/c1-14(2)12-21(3,26)13-30-18-5-4-15(10-17(18)22(23,24)25)16-6-7-27-19(11-16)29-20-28-8-9-31-20/h4-11,14H,12-13,26H2,1-3H3,(H,27,28,29)/t21-/m0/s1. The lowest BCUT2D eigenvalue weighted by atomic mass is 9.93. The molecule has 0 unspecified atom stereocenters. The Morgan fingerprint density at radius 1 is 1.10 bits per heavy atom. The molecule has 3 aromatic rings. The second-order valence-electron chi connectivity index (χ2n) is 8.14. The first-order chi connectivity index (χ1) is 14.5. The molecule has 5 nitrogen and oxygen atoms in total. The molecule has 0 aliphatic carbocycles. The molecule has 0 bridgehead atoms. The summed E-state index contributed by atoms with van der Waals surface area (Å²) in [4.78, 5) is 8.33. The number of benzene rings is 1. The highest BCUT2D eigenvalue weighted by Gasteiger charge is 2.35. The van der Waals surface area contributed by atoms with E-state index in [1.165, 1.54) is 23.6 Å². The van der Waals surface area contributed by atoms with Gasteiger partial charge in [0.05, 0.1) is 5.56 Å². The third kappa shape index (κ3) is 6.41. The first kappa shape index (κ1) is 23.0. The van der Waals surface area contributed by atoms with E-state index in [2.05, 4.69) is 15.3 Å². The van der Waals surface area contributed by atoms with Crippen LogP contribution in [0.25, 0.3) is 11.1 Å². The highest BCUT2D eigenvalue weighted by atomic mass is 32.1. The summed E-state index contributed by atoms with van der Waals surface area (Å²) in [7, 11) is 0. The Kier molecular flexibility index (Phi) is 6.86. The molecule has 1 atom stereocenters. The number of halogens is 3. The van der Waals surface area contributed by atoms with Gasteiger partial charge in [0.15, 0.2) is 5.13 Å². The van der Waals surface area contributed by atoms with E-state index in [1.54, 1.807) is 31.3 Å². The zero-order chi connectivity index (χ0) is 22.6. The summed E-state index contributed by atoms with van der Waals surface area (Å²) >= 11 is 1.40. The van der Waals surface area contributed by atoms with Crippen molar-refractivity contribution >= 4 is 22.3 Å². The van der Waals surface area contributed by atoms with E-state index in [0.29, 0.717) is 34.4 Å². The van der Waals surface area contributed by atoms with Crippen LogP contribution in [0.2, 0.25) is 0 Å². The van der Waals surface area contributed by atoms with Gasteiger partial charge in [0, 0.05) is 23.3 Å². The van der Waals surface area contributed by atoms with Gasteiger partial charge < -0.3 is 15.8 Å². The van der Waals surface area contributed by atoms with E-state index in [0.717, 1.165) is 6.07 Å². The predicted octanol–water partition coefficient (Wildman–Crippen LogP) is 6.11. The van der Waals surface area contributed by atoms with Gasteiger partial charge in [0.2, 0.25) is 0 Å². The van der Waals surface area contributed by atoms with Gasteiger partial charge in [-0.15, -0.1) is 11.3 Å². The number of aromatic nitrogens is 2. The first-order valence-electron chi connectivity index (χ1n) is 9.79. The smallest absolute Gasteiger partial charge is 0.419 e. The van der Waals surface area contributed by atoms with Gasteiger partial charge in [-0.05, 0) is 54.7 Å². The number of anilines is 2. The summed E-state index contributed by atoms with van der Waals surface area (Å²) in [6.45, 7) is 5.79. The Morgan fingerprint density at radius 3 is 2.48 bits per heavy atom. The van der Waals surface area contributed by atoms with Crippen LogP contribution in [0.1, 0.15) is 32.8 Å². The highest BCUT2D eigenvalue weighted by Crippen LogP contribution is 2.39. The SMILES string of the molecule is CC(C)C[C@](C)(N)COc1ccc(-c2ccnc(Nc3nccs3)c2)cc1C(F)(F)F. The number of alkyl halides is 3. The van der Waals surface area contributed by atoms with Gasteiger partial charge >= 0.3 is 6.18 Å². The van der Waals surface area contributed by atoms with Crippen LogP contribution >= 0.6 is 11.3 Å². The van der Waals surface area contributed by atoms with Crippen molar-refractivity contribution in [2.45, 2.75) is 38.9 Å². The van der Waals surface area contributed by atoms with Gasteiger partial charge in [-0.25, -0.2) is 9.97 Å². The maximum atomic E-state index is 13.8. The van der Waals surface area contributed by atoms with E-state index in [9.17, 15) is 13.2 Å². The molecular formula is C22H25F3N4OS. The van der Waals surface area contributed by atoms with Gasteiger partial charge in [-0.1, -0.05) is 19.9 Å². The van der Waals surface area contributed by atoms with Gasteiger partial charge in [-0.2, -0.15) is 13.2 Å². The zero-order valence-corrected chi connectivity index (χ0v) is 18.3. The number of hydrogen-bond acceptors (Lipinski definition) is 6. The zero-order valence-electron chi connectivity index (χ0n) is 17.5. The third-order valence-corrected chi connectivity index (χ3v) is 5.17. The average Bonchev–Trinajstić information content (AvgIpc) is 3.18. The normalized spacial score (nSPS) is 13.8. The van der Waals surface area contributed by atoms with Crippen molar-refractivity contribution in [3.05, 3.63) is 53.7 Å². The fourth-order valence-corrected chi connectivity index (χ4v) is 3.90. The van der Waals surface area contributed by atoms with Crippen molar-refractivity contribution in [3.63, 3.8) is 0 Å². The average molecular weight is 451 g/mol. The van der Waals surface area contributed by atoms with Crippen molar-refractivity contribution in [2.24, 2.45) is 11.7 Å².